The fourth-order valence-electron chi connectivity index (χ4n) is 0.882. The lowest BCUT2D eigenvalue weighted by Gasteiger charge is -2.15. The minimum Gasteiger partial charge on any atom is -0.368 e. The maximum Gasteiger partial charge on any atom is 0.213 e. The van der Waals surface area contributed by atoms with Crippen LogP contribution in [0.4, 0.5) is 0 Å². The summed E-state index contributed by atoms with van der Waals surface area (Å²) in [7, 11) is 1.84. The van der Waals surface area contributed by atoms with Crippen LogP contribution in [-0.2, 0) is 6.54 Å². The molecule has 1 rings (SSSR count). The normalized spacial score (nSPS) is 11.7. The quantitative estimate of drug-likeness (QED) is 0.364. The van der Waals surface area contributed by atoms with Crippen molar-refractivity contribution in [3.63, 3.8) is 0 Å². The van der Waals surface area contributed by atoms with Crippen LogP contribution >= 0.6 is 27.3 Å². The molecule has 0 radical (unpaired) electrons. The predicted octanol–water partition coefficient (Wildman–Crippen LogP) is 1.13. The van der Waals surface area contributed by atoms with Crippen LogP contribution in [0.1, 0.15) is 5.56 Å². The number of halogens is 1. The average molecular weight is 263 g/mol. The highest BCUT2D eigenvalue weighted by Crippen LogP contribution is 2.21. The Morgan fingerprint density at radius 3 is 2.92 bits per heavy atom. The maximum absolute atomic E-state index is 5.51. The molecule has 0 aromatic carbocycles. The lowest BCUT2D eigenvalue weighted by molar-refractivity contribution is 0.493. The first-order valence-electron chi connectivity index (χ1n) is 3.61. The molecule has 0 unspecified atom stereocenters. The molecule has 1 aromatic rings. The van der Waals surface area contributed by atoms with Gasteiger partial charge in [0.15, 0.2) is 0 Å². The molecule has 13 heavy (non-hydrogen) atoms. The van der Waals surface area contributed by atoms with Crippen LogP contribution in [0.25, 0.3) is 0 Å². The summed E-state index contributed by atoms with van der Waals surface area (Å²) in [6.07, 6.45) is 0. The smallest absolute Gasteiger partial charge is 0.213 e. The molecule has 6 heteroatoms. The molecule has 0 fully saturated rings. The van der Waals surface area contributed by atoms with Gasteiger partial charge >= 0.3 is 0 Å². The summed E-state index contributed by atoms with van der Waals surface area (Å²) in [5.41, 5.74) is 6.70. The van der Waals surface area contributed by atoms with Crippen LogP contribution < -0.4 is 11.6 Å². The van der Waals surface area contributed by atoms with E-state index in [-0.39, 0.29) is 0 Å². The van der Waals surface area contributed by atoms with Crippen LogP contribution in [0.2, 0.25) is 0 Å². The summed E-state index contributed by atoms with van der Waals surface area (Å²) in [6.45, 7) is 0.717. The number of hydrazone groups is 1. The molecule has 0 saturated carbocycles. The van der Waals surface area contributed by atoms with E-state index in [1.807, 2.05) is 13.1 Å². The molecular formula is C7H11BrN4S. The third kappa shape index (κ3) is 2.89. The second kappa shape index (κ2) is 4.48. The van der Waals surface area contributed by atoms with E-state index in [2.05, 4.69) is 26.4 Å². The van der Waals surface area contributed by atoms with Gasteiger partial charge in [0, 0.05) is 13.6 Å². The molecule has 0 aliphatic heterocycles. The van der Waals surface area contributed by atoms with Crippen molar-refractivity contribution >= 4 is 33.2 Å². The molecular weight excluding hydrogens is 252 g/mol. The first-order chi connectivity index (χ1) is 6.13. The summed E-state index contributed by atoms with van der Waals surface area (Å²) in [6, 6.07) is 2.05. The molecule has 72 valence electrons. The standard InChI is InChI=1S/C7H11BrN4S/c1-12(7(9)11-10)3-5-2-6(8)13-4-5/h2,4H,3,10H2,1H3,(H2,9,11). The van der Waals surface area contributed by atoms with E-state index >= 15 is 0 Å². The average Bonchev–Trinajstić information content (AvgIpc) is 2.49. The van der Waals surface area contributed by atoms with Crippen LogP contribution in [0.15, 0.2) is 20.3 Å². The van der Waals surface area contributed by atoms with E-state index < -0.39 is 0 Å². The van der Waals surface area contributed by atoms with Crippen molar-refractivity contribution in [3.05, 3.63) is 20.8 Å². The molecule has 0 spiro atoms. The highest BCUT2D eigenvalue weighted by Gasteiger charge is 2.03. The number of nitrogens with zero attached hydrogens (tertiary/aromatic N) is 2. The predicted molar refractivity (Wildman–Crippen MR) is 59.3 cm³/mol. The van der Waals surface area contributed by atoms with Crippen molar-refractivity contribution in [3.8, 4) is 0 Å². The number of hydrogen-bond acceptors (Lipinski definition) is 3. The van der Waals surface area contributed by atoms with Crippen molar-refractivity contribution < 1.29 is 0 Å². The Balaban J connectivity index is 2.59. The van der Waals surface area contributed by atoms with Crippen LogP contribution in [0.3, 0.4) is 0 Å². The summed E-state index contributed by atoms with van der Waals surface area (Å²) in [5, 5.41) is 5.46. The Morgan fingerprint density at radius 2 is 2.46 bits per heavy atom. The molecule has 1 aromatic heterocycles. The molecule has 0 aliphatic carbocycles. The minimum absolute atomic E-state index is 0.335. The van der Waals surface area contributed by atoms with Gasteiger partial charge in [0.05, 0.1) is 3.79 Å². The SMILES string of the molecule is CN(Cc1csc(Br)c1)/C(N)=N/N. The van der Waals surface area contributed by atoms with Crippen LogP contribution in [0.5, 0.6) is 0 Å². The first-order valence-corrected chi connectivity index (χ1v) is 5.28. The van der Waals surface area contributed by atoms with Crippen molar-refractivity contribution in [2.45, 2.75) is 6.54 Å². The largest absolute Gasteiger partial charge is 0.368 e. The second-order valence-corrected chi connectivity index (χ2v) is 4.89. The zero-order valence-corrected chi connectivity index (χ0v) is 9.60. The van der Waals surface area contributed by atoms with Gasteiger partial charge in [-0.15, -0.1) is 16.4 Å². The third-order valence-corrected chi connectivity index (χ3v) is 3.12. The highest BCUT2D eigenvalue weighted by molar-refractivity contribution is 9.11. The Morgan fingerprint density at radius 1 is 1.77 bits per heavy atom. The minimum atomic E-state index is 0.335. The number of guanidine groups is 1. The molecule has 4 nitrogen and oxygen atoms in total. The van der Waals surface area contributed by atoms with Crippen molar-refractivity contribution in [1.82, 2.24) is 4.90 Å². The summed E-state index contributed by atoms with van der Waals surface area (Å²) < 4.78 is 1.11. The number of thiophene rings is 1. The third-order valence-electron chi connectivity index (χ3n) is 1.56. The van der Waals surface area contributed by atoms with E-state index in [0.29, 0.717) is 12.5 Å². The monoisotopic (exact) mass is 262 g/mol. The topological polar surface area (TPSA) is 67.6 Å². The van der Waals surface area contributed by atoms with E-state index in [1.165, 1.54) is 5.56 Å². The Bertz CT molecular complexity index is 309. The molecule has 0 atom stereocenters. The van der Waals surface area contributed by atoms with E-state index in [1.54, 1.807) is 16.2 Å². The fourth-order valence-corrected chi connectivity index (χ4v) is 2.08. The maximum atomic E-state index is 5.51. The van der Waals surface area contributed by atoms with E-state index in [4.69, 9.17) is 11.6 Å². The Kier molecular flexibility index (Phi) is 3.56. The molecule has 1 heterocycles. The molecule has 0 aliphatic rings. The van der Waals surface area contributed by atoms with E-state index in [9.17, 15) is 0 Å². The van der Waals surface area contributed by atoms with Crippen molar-refractivity contribution in [2.75, 3.05) is 7.05 Å². The number of hydrogen-bond donors (Lipinski definition) is 2. The molecule has 4 N–H and O–H groups in total. The molecule has 0 saturated heterocycles. The van der Waals surface area contributed by atoms with Gasteiger partial charge in [-0.1, -0.05) is 0 Å². The zero-order chi connectivity index (χ0) is 9.84. The Hall–Kier alpha value is -0.750. The highest BCUT2D eigenvalue weighted by atomic mass is 79.9. The lowest BCUT2D eigenvalue weighted by atomic mass is 10.3. The van der Waals surface area contributed by atoms with E-state index in [0.717, 1.165) is 3.79 Å². The van der Waals surface area contributed by atoms with Gasteiger partial charge in [0.25, 0.3) is 0 Å². The van der Waals surface area contributed by atoms with Gasteiger partial charge in [-0.2, -0.15) is 0 Å². The number of nitrogens with two attached hydrogens (primary N) is 2. The van der Waals surface area contributed by atoms with Crippen LogP contribution in [-0.4, -0.2) is 17.9 Å². The first kappa shape index (κ1) is 10.3. The van der Waals surface area contributed by atoms with Gasteiger partial charge in [-0.05, 0) is 32.9 Å². The van der Waals surface area contributed by atoms with Gasteiger partial charge in [-0.3, -0.25) is 0 Å². The van der Waals surface area contributed by atoms with Gasteiger partial charge in [0.2, 0.25) is 5.96 Å². The summed E-state index contributed by atoms with van der Waals surface area (Å²) >= 11 is 5.03. The van der Waals surface area contributed by atoms with Crippen molar-refractivity contribution in [1.29, 1.82) is 0 Å². The second-order valence-electron chi connectivity index (χ2n) is 2.60. The molecule has 0 bridgehead atoms. The van der Waals surface area contributed by atoms with Gasteiger partial charge in [0.1, 0.15) is 0 Å². The summed E-state index contributed by atoms with van der Waals surface area (Å²) in [5.74, 6) is 5.38. The van der Waals surface area contributed by atoms with Gasteiger partial charge < -0.3 is 16.5 Å². The van der Waals surface area contributed by atoms with Crippen LogP contribution in [0, 0.1) is 0 Å². The molecule has 0 amide bonds. The number of rotatable bonds is 2. The fraction of sp³-hybridized carbons (Fsp3) is 0.286. The van der Waals surface area contributed by atoms with Gasteiger partial charge in [-0.25, -0.2) is 0 Å². The zero-order valence-electron chi connectivity index (χ0n) is 7.20. The summed E-state index contributed by atoms with van der Waals surface area (Å²) in [4.78, 5) is 1.79. The Labute approximate surface area is 89.3 Å². The lowest BCUT2D eigenvalue weighted by Crippen LogP contribution is -2.34. The van der Waals surface area contributed by atoms with Crippen molar-refractivity contribution in [2.24, 2.45) is 16.7 Å².